The zero-order chi connectivity index (χ0) is 26.2. The number of nitrogens with zero attached hydrogens (tertiary/aromatic N) is 4. The smallest absolute Gasteiger partial charge is 0.236 e. The lowest BCUT2D eigenvalue weighted by Crippen LogP contribution is -2.47. The Balaban J connectivity index is 0.00000176. The van der Waals surface area contributed by atoms with Crippen molar-refractivity contribution >= 4 is 39.9 Å². The van der Waals surface area contributed by atoms with Gasteiger partial charge in [0.15, 0.2) is 17.3 Å². The lowest BCUT2D eigenvalue weighted by atomic mass is 10.1. The van der Waals surface area contributed by atoms with Gasteiger partial charge in [-0.25, -0.2) is 14.4 Å². The number of carbonyl (C=O) groups is 1. The van der Waals surface area contributed by atoms with E-state index in [1.807, 2.05) is 37.7 Å². The second-order valence-corrected chi connectivity index (χ2v) is 8.84. The van der Waals surface area contributed by atoms with Crippen LogP contribution in [0.3, 0.4) is 0 Å². The minimum absolute atomic E-state index is 0.0136. The Morgan fingerprint density at radius 1 is 1.25 bits per heavy atom. The molecule has 36 heavy (non-hydrogen) atoms. The summed E-state index contributed by atoms with van der Waals surface area (Å²) in [7, 11) is 5.31. The predicted octanol–water partition coefficient (Wildman–Crippen LogP) is 5.13. The molecule has 3 aromatic rings. The normalized spacial score (nSPS) is 15.3. The average molecular weight is 518 g/mol. The van der Waals surface area contributed by atoms with E-state index in [4.69, 9.17) is 21.1 Å². The number of hydrogen-bond acceptors (Lipinski definition) is 7. The molecule has 194 valence electrons. The van der Waals surface area contributed by atoms with Crippen LogP contribution in [-0.2, 0) is 4.79 Å². The number of likely N-dealkylation sites (tertiary alicyclic amines) is 1. The van der Waals surface area contributed by atoms with Gasteiger partial charge in [0, 0.05) is 18.0 Å². The SMILES string of the molecule is CC.COc1cc2ncnc(Nc3cccc(Cl)c3F)c2cc1OC1CCCN(C(=O)CN(C)C)C1. The molecular formula is C26H33ClFN5O3. The summed E-state index contributed by atoms with van der Waals surface area (Å²) in [6.45, 7) is 5.57. The van der Waals surface area contributed by atoms with E-state index in [0.717, 1.165) is 12.8 Å². The highest BCUT2D eigenvalue weighted by molar-refractivity contribution is 6.31. The van der Waals surface area contributed by atoms with Crippen LogP contribution >= 0.6 is 11.6 Å². The van der Waals surface area contributed by atoms with E-state index < -0.39 is 5.82 Å². The topological polar surface area (TPSA) is 79.8 Å². The standard InChI is InChI=1S/C24H27ClFN5O3.C2H6/c1-30(2)13-22(32)31-9-5-6-15(12-31)34-21-10-16-19(11-20(21)33-3)27-14-28-24(16)29-18-8-4-7-17(25)23(18)26;1-2/h4,7-8,10-11,14-15H,5-6,9,12-13H2,1-3H3,(H,27,28,29);1-2H3. The van der Waals surface area contributed by atoms with Crippen LogP contribution in [0.25, 0.3) is 10.9 Å². The van der Waals surface area contributed by atoms with Gasteiger partial charge in [-0.1, -0.05) is 31.5 Å². The summed E-state index contributed by atoms with van der Waals surface area (Å²) in [6.07, 6.45) is 2.88. The fourth-order valence-electron chi connectivity index (χ4n) is 3.95. The number of methoxy groups -OCH3 is 1. The average Bonchev–Trinajstić information content (AvgIpc) is 2.87. The van der Waals surface area contributed by atoms with Gasteiger partial charge in [-0.3, -0.25) is 4.79 Å². The number of ether oxygens (including phenoxy) is 2. The molecule has 0 bridgehead atoms. The van der Waals surface area contributed by atoms with Crippen molar-refractivity contribution in [2.24, 2.45) is 0 Å². The molecule has 1 unspecified atom stereocenters. The number of amides is 1. The van der Waals surface area contributed by atoms with E-state index in [0.29, 0.717) is 47.9 Å². The molecule has 1 saturated heterocycles. The highest BCUT2D eigenvalue weighted by Gasteiger charge is 2.26. The molecule has 1 aliphatic rings. The number of anilines is 2. The van der Waals surface area contributed by atoms with Gasteiger partial charge in [0.1, 0.15) is 18.2 Å². The number of fused-ring (bicyclic) bond motifs is 1. The van der Waals surface area contributed by atoms with Crippen molar-refractivity contribution in [1.29, 1.82) is 0 Å². The van der Waals surface area contributed by atoms with E-state index in [-0.39, 0.29) is 22.7 Å². The molecular weight excluding hydrogens is 485 g/mol. The number of nitrogens with one attached hydrogen (secondary N) is 1. The quantitative estimate of drug-likeness (QED) is 0.465. The van der Waals surface area contributed by atoms with Gasteiger partial charge in [0.25, 0.3) is 0 Å². The van der Waals surface area contributed by atoms with Gasteiger partial charge in [0.05, 0.1) is 36.4 Å². The number of likely N-dealkylation sites (N-methyl/N-ethyl adjacent to an activating group) is 1. The molecule has 0 aliphatic carbocycles. The van der Waals surface area contributed by atoms with Gasteiger partial charge < -0.3 is 24.6 Å². The van der Waals surface area contributed by atoms with Crippen LogP contribution in [0, 0.1) is 5.82 Å². The number of hydrogen-bond donors (Lipinski definition) is 1. The Kier molecular flexibility index (Phi) is 9.66. The van der Waals surface area contributed by atoms with E-state index in [1.165, 1.54) is 12.4 Å². The second kappa shape index (κ2) is 12.7. The van der Waals surface area contributed by atoms with E-state index in [2.05, 4.69) is 15.3 Å². The largest absolute Gasteiger partial charge is 0.493 e. The first-order chi connectivity index (χ1) is 17.4. The molecule has 10 heteroatoms. The number of benzene rings is 2. The maximum Gasteiger partial charge on any atom is 0.236 e. The summed E-state index contributed by atoms with van der Waals surface area (Å²) in [6, 6.07) is 8.25. The molecule has 1 N–H and O–H groups in total. The monoisotopic (exact) mass is 517 g/mol. The maximum absolute atomic E-state index is 14.5. The third-order valence-corrected chi connectivity index (χ3v) is 5.89. The molecule has 8 nitrogen and oxygen atoms in total. The molecule has 1 amide bonds. The lowest BCUT2D eigenvalue weighted by Gasteiger charge is -2.33. The molecule has 4 rings (SSSR count). The summed E-state index contributed by atoms with van der Waals surface area (Å²) < 4.78 is 26.3. The van der Waals surface area contributed by atoms with Crippen LogP contribution in [0.5, 0.6) is 11.5 Å². The maximum atomic E-state index is 14.5. The summed E-state index contributed by atoms with van der Waals surface area (Å²) in [5.41, 5.74) is 0.809. The zero-order valence-electron chi connectivity index (χ0n) is 21.3. The molecule has 0 spiro atoms. The molecule has 0 radical (unpaired) electrons. The first-order valence-electron chi connectivity index (χ1n) is 12.0. The summed E-state index contributed by atoms with van der Waals surface area (Å²) in [5, 5.41) is 3.65. The van der Waals surface area contributed by atoms with Crippen LogP contribution in [-0.4, -0.2) is 72.6 Å². The number of carbonyl (C=O) groups excluding carboxylic acids is 1. The molecule has 2 heterocycles. The van der Waals surface area contributed by atoms with Crippen LogP contribution in [0.15, 0.2) is 36.7 Å². The lowest BCUT2D eigenvalue weighted by molar-refractivity contribution is -0.134. The van der Waals surface area contributed by atoms with Crippen molar-refractivity contribution in [1.82, 2.24) is 19.8 Å². The molecule has 1 fully saturated rings. The number of piperidine rings is 1. The van der Waals surface area contributed by atoms with Crippen LogP contribution in [0.2, 0.25) is 5.02 Å². The molecule has 0 saturated carbocycles. The van der Waals surface area contributed by atoms with Crippen molar-refractivity contribution in [3.05, 3.63) is 47.5 Å². The Bertz CT molecular complexity index is 1190. The van der Waals surface area contributed by atoms with Gasteiger partial charge in [-0.15, -0.1) is 0 Å². The minimum Gasteiger partial charge on any atom is -0.493 e. The van der Waals surface area contributed by atoms with Gasteiger partial charge in [0.2, 0.25) is 5.91 Å². The van der Waals surface area contributed by atoms with Crippen LogP contribution in [0.4, 0.5) is 15.9 Å². The predicted molar refractivity (Wildman–Crippen MR) is 141 cm³/mol. The van der Waals surface area contributed by atoms with Gasteiger partial charge in [-0.05, 0) is 45.1 Å². The van der Waals surface area contributed by atoms with Crippen molar-refractivity contribution < 1.29 is 18.7 Å². The van der Waals surface area contributed by atoms with Crippen molar-refractivity contribution in [3.63, 3.8) is 0 Å². The highest BCUT2D eigenvalue weighted by atomic mass is 35.5. The third kappa shape index (κ3) is 6.53. The molecule has 2 aromatic carbocycles. The number of aromatic nitrogens is 2. The summed E-state index contributed by atoms with van der Waals surface area (Å²) in [5.74, 6) is 0.942. The van der Waals surface area contributed by atoms with Crippen molar-refractivity contribution in [2.45, 2.75) is 32.8 Å². The summed E-state index contributed by atoms with van der Waals surface area (Å²) >= 11 is 5.92. The van der Waals surface area contributed by atoms with E-state index in [1.54, 1.807) is 31.4 Å². The summed E-state index contributed by atoms with van der Waals surface area (Å²) in [4.78, 5) is 24.8. The second-order valence-electron chi connectivity index (χ2n) is 8.43. The van der Waals surface area contributed by atoms with Crippen LogP contribution in [0.1, 0.15) is 26.7 Å². The van der Waals surface area contributed by atoms with Crippen molar-refractivity contribution in [2.75, 3.05) is 46.2 Å². The molecule has 1 atom stereocenters. The third-order valence-electron chi connectivity index (χ3n) is 5.60. The van der Waals surface area contributed by atoms with Gasteiger partial charge in [-0.2, -0.15) is 0 Å². The van der Waals surface area contributed by atoms with Crippen LogP contribution < -0.4 is 14.8 Å². The first-order valence-corrected chi connectivity index (χ1v) is 12.4. The fourth-order valence-corrected chi connectivity index (χ4v) is 4.13. The number of halogens is 2. The first kappa shape index (κ1) is 27.4. The number of rotatable bonds is 7. The Morgan fingerprint density at radius 2 is 2.03 bits per heavy atom. The van der Waals surface area contributed by atoms with E-state index in [9.17, 15) is 9.18 Å². The van der Waals surface area contributed by atoms with Gasteiger partial charge >= 0.3 is 0 Å². The Morgan fingerprint density at radius 3 is 2.75 bits per heavy atom. The molecule has 1 aromatic heterocycles. The molecule has 1 aliphatic heterocycles. The highest BCUT2D eigenvalue weighted by Crippen LogP contribution is 2.36. The fraction of sp³-hybridized carbons (Fsp3) is 0.423. The minimum atomic E-state index is -0.564. The zero-order valence-corrected chi connectivity index (χ0v) is 22.1. The van der Waals surface area contributed by atoms with E-state index >= 15 is 0 Å². The Hall–Kier alpha value is -3.17. The Labute approximate surface area is 216 Å². The van der Waals surface area contributed by atoms with Crippen molar-refractivity contribution in [3.8, 4) is 11.5 Å².